The smallest absolute Gasteiger partial charge is 0.346 e. The number of nitrogens with one attached hydrogen (secondary N) is 3. The molecule has 0 heterocycles. The van der Waals surface area contributed by atoms with Gasteiger partial charge in [0, 0.05) is 29.2 Å². The first kappa shape index (κ1) is 18.9. The summed E-state index contributed by atoms with van der Waals surface area (Å²) >= 11 is 0. The number of anilines is 2. The molecule has 8 nitrogen and oxygen atoms in total. The third-order valence-corrected chi connectivity index (χ3v) is 3.46. The summed E-state index contributed by atoms with van der Waals surface area (Å²) in [5, 5.41) is 8.23. The summed E-state index contributed by atoms with van der Waals surface area (Å²) < 4.78 is 0. The monoisotopic (exact) mass is 355 g/mol. The molecule has 0 unspecified atom stereocenters. The maximum atomic E-state index is 12.0. The minimum absolute atomic E-state index is 0.000207. The zero-order valence-electron chi connectivity index (χ0n) is 14.6. The molecule has 1 aromatic carbocycles. The van der Waals surface area contributed by atoms with Gasteiger partial charge in [0.2, 0.25) is 11.7 Å². The molecule has 0 aliphatic heterocycles. The Bertz CT molecular complexity index is 807. The number of Topliss-reactive ketones (excluding diaryl/α,β-unsaturated/α-hetero) is 1. The number of allylic oxidation sites excluding steroid dienone is 3. The van der Waals surface area contributed by atoms with Gasteiger partial charge in [-0.15, -0.1) is 0 Å². The number of urea groups is 1. The van der Waals surface area contributed by atoms with Crippen LogP contribution in [0.5, 0.6) is 0 Å². The molecule has 0 fully saturated rings. The lowest BCUT2D eigenvalue weighted by atomic mass is 10.0. The number of aliphatic imine (C=N–C) groups is 1. The SMILES string of the molecule is CCNC(=O)CNc1ccc(NC(=O)N=C2C=C(N)C=C(C)C2=O)cc1. The van der Waals surface area contributed by atoms with Gasteiger partial charge < -0.3 is 21.7 Å². The average molecular weight is 355 g/mol. The van der Waals surface area contributed by atoms with Gasteiger partial charge in [-0.3, -0.25) is 9.59 Å². The predicted molar refractivity (Wildman–Crippen MR) is 101 cm³/mol. The molecule has 136 valence electrons. The molecule has 1 aliphatic carbocycles. The van der Waals surface area contributed by atoms with Crippen LogP contribution >= 0.6 is 0 Å². The molecule has 5 N–H and O–H groups in total. The topological polar surface area (TPSA) is 126 Å². The highest BCUT2D eigenvalue weighted by Gasteiger charge is 2.17. The van der Waals surface area contributed by atoms with Gasteiger partial charge in [0.25, 0.3) is 0 Å². The van der Waals surface area contributed by atoms with Crippen molar-refractivity contribution in [1.29, 1.82) is 0 Å². The minimum Gasteiger partial charge on any atom is -0.399 e. The molecule has 8 heteroatoms. The Morgan fingerprint density at radius 3 is 2.42 bits per heavy atom. The molecule has 0 saturated carbocycles. The van der Waals surface area contributed by atoms with E-state index in [0.29, 0.717) is 23.5 Å². The molecule has 1 aromatic rings. The van der Waals surface area contributed by atoms with Crippen molar-refractivity contribution in [2.75, 3.05) is 23.7 Å². The molecule has 1 aliphatic rings. The zero-order valence-corrected chi connectivity index (χ0v) is 14.6. The predicted octanol–water partition coefficient (Wildman–Crippen LogP) is 1.58. The fraction of sp³-hybridized carbons (Fsp3) is 0.222. The van der Waals surface area contributed by atoms with E-state index in [0.717, 1.165) is 5.69 Å². The fourth-order valence-corrected chi connectivity index (χ4v) is 2.24. The van der Waals surface area contributed by atoms with Gasteiger partial charge >= 0.3 is 6.03 Å². The number of amides is 3. The number of ketones is 1. The Balaban J connectivity index is 1.95. The third kappa shape index (κ3) is 5.30. The molecule has 0 aromatic heterocycles. The number of benzene rings is 1. The minimum atomic E-state index is -0.671. The first-order valence-electron chi connectivity index (χ1n) is 8.09. The van der Waals surface area contributed by atoms with Crippen molar-refractivity contribution in [3.8, 4) is 0 Å². The van der Waals surface area contributed by atoms with E-state index in [1.54, 1.807) is 31.2 Å². The normalized spacial score (nSPS) is 15.2. The first-order chi connectivity index (χ1) is 12.4. The number of nitrogens with zero attached hydrogens (tertiary/aromatic N) is 1. The summed E-state index contributed by atoms with van der Waals surface area (Å²) in [6.45, 7) is 4.20. The number of hydrogen-bond acceptors (Lipinski definition) is 5. The number of carbonyl (C=O) groups excluding carboxylic acids is 3. The second-order valence-corrected chi connectivity index (χ2v) is 5.61. The number of rotatable bonds is 5. The van der Waals surface area contributed by atoms with Crippen LogP contribution < -0.4 is 21.7 Å². The molecular weight excluding hydrogens is 334 g/mol. The highest BCUT2D eigenvalue weighted by Crippen LogP contribution is 2.14. The Morgan fingerprint density at radius 1 is 1.12 bits per heavy atom. The molecule has 26 heavy (non-hydrogen) atoms. The van der Waals surface area contributed by atoms with Gasteiger partial charge in [-0.25, -0.2) is 4.79 Å². The van der Waals surface area contributed by atoms with Gasteiger partial charge in [0.05, 0.1) is 6.54 Å². The summed E-state index contributed by atoms with van der Waals surface area (Å²) in [6.07, 6.45) is 2.90. The van der Waals surface area contributed by atoms with Crippen LogP contribution in [0.1, 0.15) is 13.8 Å². The van der Waals surface area contributed by atoms with Gasteiger partial charge in [0.1, 0.15) is 5.71 Å². The van der Waals surface area contributed by atoms with Crippen molar-refractivity contribution in [2.24, 2.45) is 10.7 Å². The highest BCUT2D eigenvalue weighted by molar-refractivity contribution is 6.51. The van der Waals surface area contributed by atoms with Crippen molar-refractivity contribution >= 4 is 34.8 Å². The summed E-state index contributed by atoms with van der Waals surface area (Å²) in [5.41, 5.74) is 7.72. The summed E-state index contributed by atoms with van der Waals surface area (Å²) in [5.74, 6) is -0.436. The highest BCUT2D eigenvalue weighted by atomic mass is 16.2. The quantitative estimate of drug-likeness (QED) is 0.597. The fourth-order valence-electron chi connectivity index (χ4n) is 2.24. The summed E-state index contributed by atoms with van der Waals surface area (Å²) in [6, 6.07) is 6.10. The number of hydrogen-bond donors (Lipinski definition) is 4. The standard InChI is InChI=1S/C18H21N5O3/c1-3-20-16(24)10-21-13-4-6-14(7-5-13)22-18(26)23-15-9-12(19)8-11(2)17(15)25/h4-9,21H,3,10,19H2,1-2H3,(H,20,24)(H,22,26). The Morgan fingerprint density at radius 2 is 1.77 bits per heavy atom. The molecule has 0 spiro atoms. The van der Waals surface area contributed by atoms with Crippen molar-refractivity contribution in [3.63, 3.8) is 0 Å². The summed E-state index contributed by atoms with van der Waals surface area (Å²) in [4.78, 5) is 39.1. The van der Waals surface area contributed by atoms with E-state index in [2.05, 4.69) is 20.9 Å². The molecule has 0 bridgehead atoms. The van der Waals surface area contributed by atoms with Gasteiger partial charge in [-0.05, 0) is 50.3 Å². The van der Waals surface area contributed by atoms with E-state index in [-0.39, 0.29) is 23.9 Å². The Kier molecular flexibility index (Phi) is 6.26. The van der Waals surface area contributed by atoms with Crippen molar-refractivity contribution in [3.05, 3.63) is 47.7 Å². The van der Waals surface area contributed by atoms with Crippen LogP contribution in [-0.4, -0.2) is 36.5 Å². The van der Waals surface area contributed by atoms with E-state index in [9.17, 15) is 14.4 Å². The van der Waals surface area contributed by atoms with Crippen LogP contribution in [0, 0.1) is 0 Å². The van der Waals surface area contributed by atoms with Crippen molar-refractivity contribution < 1.29 is 14.4 Å². The molecular formula is C18H21N5O3. The second-order valence-electron chi connectivity index (χ2n) is 5.61. The largest absolute Gasteiger partial charge is 0.399 e. The van der Waals surface area contributed by atoms with Gasteiger partial charge in [0.15, 0.2) is 0 Å². The van der Waals surface area contributed by atoms with Crippen LogP contribution in [0.2, 0.25) is 0 Å². The van der Waals surface area contributed by atoms with E-state index < -0.39 is 6.03 Å². The van der Waals surface area contributed by atoms with Crippen LogP contribution in [0.15, 0.2) is 52.7 Å². The number of nitrogens with two attached hydrogens (primary N) is 1. The van der Waals surface area contributed by atoms with E-state index in [1.807, 2.05) is 6.92 Å². The molecule has 3 amide bonds. The molecule has 2 rings (SSSR count). The Labute approximate surface area is 151 Å². The Hall–Kier alpha value is -3.42. The molecule has 0 saturated heterocycles. The van der Waals surface area contributed by atoms with E-state index in [4.69, 9.17) is 5.73 Å². The van der Waals surface area contributed by atoms with Crippen LogP contribution in [-0.2, 0) is 9.59 Å². The lowest BCUT2D eigenvalue weighted by Gasteiger charge is -2.09. The van der Waals surface area contributed by atoms with Crippen molar-refractivity contribution in [1.82, 2.24) is 5.32 Å². The number of carbonyl (C=O) groups is 3. The van der Waals surface area contributed by atoms with Gasteiger partial charge in [-0.1, -0.05) is 0 Å². The lowest BCUT2D eigenvalue weighted by Crippen LogP contribution is -2.29. The van der Waals surface area contributed by atoms with Crippen LogP contribution in [0.4, 0.5) is 16.2 Å². The lowest BCUT2D eigenvalue weighted by molar-refractivity contribution is -0.119. The van der Waals surface area contributed by atoms with E-state index >= 15 is 0 Å². The van der Waals surface area contributed by atoms with E-state index in [1.165, 1.54) is 12.2 Å². The molecule has 0 radical (unpaired) electrons. The van der Waals surface area contributed by atoms with Crippen LogP contribution in [0.3, 0.4) is 0 Å². The van der Waals surface area contributed by atoms with Gasteiger partial charge in [-0.2, -0.15) is 4.99 Å². The number of likely N-dealkylation sites (N-methyl/N-ethyl adjacent to an activating group) is 1. The molecule has 0 atom stereocenters. The van der Waals surface area contributed by atoms with Crippen LogP contribution in [0.25, 0.3) is 0 Å². The maximum absolute atomic E-state index is 12.0. The first-order valence-corrected chi connectivity index (χ1v) is 8.09. The average Bonchev–Trinajstić information content (AvgIpc) is 2.59. The third-order valence-electron chi connectivity index (χ3n) is 3.46. The van der Waals surface area contributed by atoms with Crippen molar-refractivity contribution in [2.45, 2.75) is 13.8 Å². The second kappa shape index (κ2) is 8.61. The summed E-state index contributed by atoms with van der Waals surface area (Å²) in [7, 11) is 0. The maximum Gasteiger partial charge on any atom is 0.346 e. The zero-order chi connectivity index (χ0) is 19.1.